The highest BCUT2D eigenvalue weighted by Crippen LogP contribution is 2.33. The van der Waals surface area contributed by atoms with Crippen LogP contribution in [0.4, 0.5) is 0 Å². The molecule has 2 N–H and O–H groups in total. The van der Waals surface area contributed by atoms with Crippen molar-refractivity contribution in [1.82, 2.24) is 10.2 Å². The lowest BCUT2D eigenvalue weighted by Crippen LogP contribution is -2.47. The first-order valence-corrected chi connectivity index (χ1v) is 12.9. The number of aliphatic hydroxyl groups is 1. The number of fused-ring (bicyclic) bond motifs is 1. The number of ether oxygens (including phenoxy) is 2. The Labute approximate surface area is 216 Å². The van der Waals surface area contributed by atoms with Crippen LogP contribution in [-0.4, -0.2) is 54.8 Å². The normalized spacial score (nSPS) is 16.9. The first-order valence-electron chi connectivity index (χ1n) is 12.5. The molecule has 3 aromatic rings. The van der Waals surface area contributed by atoms with Gasteiger partial charge in [0.25, 0.3) is 0 Å². The lowest BCUT2D eigenvalue weighted by Gasteiger charge is -2.29. The number of hydrogen-bond donors (Lipinski definition) is 2. The molecule has 2 unspecified atom stereocenters. The van der Waals surface area contributed by atoms with Gasteiger partial charge in [-0.1, -0.05) is 54.1 Å². The quantitative estimate of drug-likeness (QED) is 0.466. The summed E-state index contributed by atoms with van der Waals surface area (Å²) in [5.41, 5.74) is 3.76. The minimum absolute atomic E-state index is 0.116. The maximum atomic E-state index is 13.1. The Bertz CT molecular complexity index is 1180. The number of halogens is 1. The van der Waals surface area contributed by atoms with Gasteiger partial charge in [0.05, 0.1) is 12.5 Å². The number of nitrogens with zero attached hydrogens (tertiary/aromatic N) is 1. The molecule has 7 heteroatoms. The fourth-order valence-electron chi connectivity index (χ4n) is 4.84. The van der Waals surface area contributed by atoms with Crippen LogP contribution in [-0.2, 0) is 11.2 Å². The zero-order chi connectivity index (χ0) is 24.9. The summed E-state index contributed by atoms with van der Waals surface area (Å²) in [6, 6.07) is 20.7. The summed E-state index contributed by atoms with van der Waals surface area (Å²) >= 11 is 5.99. The molecule has 3 aromatic carbocycles. The van der Waals surface area contributed by atoms with Gasteiger partial charge in [-0.2, -0.15) is 0 Å². The van der Waals surface area contributed by atoms with Gasteiger partial charge in [-0.25, -0.2) is 0 Å². The molecule has 36 heavy (non-hydrogen) atoms. The molecule has 2 aliphatic heterocycles. The third-order valence-corrected chi connectivity index (χ3v) is 7.04. The maximum absolute atomic E-state index is 13.1. The van der Waals surface area contributed by atoms with Crippen LogP contribution in [0.1, 0.15) is 30.1 Å². The number of nitrogens with one attached hydrogen (secondary N) is 1. The van der Waals surface area contributed by atoms with E-state index in [2.05, 4.69) is 10.2 Å². The van der Waals surface area contributed by atoms with Crippen LogP contribution in [0.25, 0.3) is 11.1 Å². The molecular weight excluding hydrogens is 476 g/mol. The molecule has 2 heterocycles. The smallest absolute Gasteiger partial charge is 0.224 e. The first-order chi connectivity index (χ1) is 17.5. The second-order valence-corrected chi connectivity index (χ2v) is 9.85. The van der Waals surface area contributed by atoms with Gasteiger partial charge in [-0.3, -0.25) is 4.79 Å². The molecule has 0 saturated carbocycles. The molecule has 6 nitrogen and oxygen atoms in total. The van der Waals surface area contributed by atoms with Crippen LogP contribution in [0.15, 0.2) is 66.7 Å². The molecule has 2 atom stereocenters. The Morgan fingerprint density at radius 2 is 1.56 bits per heavy atom. The average molecular weight is 507 g/mol. The molecule has 0 bridgehead atoms. The van der Waals surface area contributed by atoms with Crippen molar-refractivity contribution in [3.8, 4) is 22.6 Å². The molecule has 2 aliphatic rings. The third kappa shape index (κ3) is 6.01. The Morgan fingerprint density at radius 1 is 0.917 bits per heavy atom. The van der Waals surface area contributed by atoms with Gasteiger partial charge < -0.3 is 24.8 Å². The van der Waals surface area contributed by atoms with Gasteiger partial charge in [-0.05, 0) is 72.5 Å². The number of hydrogen-bond acceptors (Lipinski definition) is 5. The molecule has 0 aliphatic carbocycles. The minimum Gasteiger partial charge on any atom is -0.486 e. The van der Waals surface area contributed by atoms with Crippen LogP contribution in [0.3, 0.4) is 0 Å². The van der Waals surface area contributed by atoms with E-state index in [1.807, 2.05) is 66.7 Å². The second kappa shape index (κ2) is 11.3. The highest BCUT2D eigenvalue weighted by molar-refractivity contribution is 6.30. The van der Waals surface area contributed by atoms with Crippen LogP contribution >= 0.6 is 11.6 Å². The molecule has 0 aromatic heterocycles. The molecule has 188 valence electrons. The van der Waals surface area contributed by atoms with Crippen molar-refractivity contribution in [2.75, 3.05) is 32.8 Å². The Kier molecular flexibility index (Phi) is 7.75. The fraction of sp³-hybridized carbons (Fsp3) is 0.345. The van der Waals surface area contributed by atoms with Gasteiger partial charge in [0.15, 0.2) is 11.5 Å². The molecule has 1 saturated heterocycles. The van der Waals surface area contributed by atoms with Gasteiger partial charge in [0.1, 0.15) is 19.3 Å². The van der Waals surface area contributed by atoms with E-state index in [4.69, 9.17) is 21.1 Å². The van der Waals surface area contributed by atoms with Crippen molar-refractivity contribution in [3.63, 3.8) is 0 Å². The molecule has 1 fully saturated rings. The lowest BCUT2D eigenvalue weighted by atomic mass is 10.00. The van der Waals surface area contributed by atoms with E-state index in [1.54, 1.807) is 0 Å². The van der Waals surface area contributed by atoms with Crippen molar-refractivity contribution >= 4 is 17.5 Å². The summed E-state index contributed by atoms with van der Waals surface area (Å²) < 4.78 is 11.3. The molecule has 0 radical (unpaired) electrons. The zero-order valence-electron chi connectivity index (χ0n) is 20.2. The summed E-state index contributed by atoms with van der Waals surface area (Å²) in [5, 5.41) is 15.1. The SMILES string of the molecule is O=C(Cc1ccc(-c2ccc(Cl)cc2)cc1)NC(CN1CCCC1)C(O)c1ccc2c(c1)OCCO2. The molecular formula is C29H31ClN2O4. The summed E-state index contributed by atoms with van der Waals surface area (Å²) in [6.07, 6.45) is 1.66. The van der Waals surface area contributed by atoms with Gasteiger partial charge in [0, 0.05) is 11.6 Å². The van der Waals surface area contributed by atoms with E-state index < -0.39 is 12.1 Å². The average Bonchev–Trinajstić information content (AvgIpc) is 3.42. The van der Waals surface area contributed by atoms with Crippen molar-refractivity contribution in [3.05, 3.63) is 82.9 Å². The number of carbonyl (C=O) groups is 1. The summed E-state index contributed by atoms with van der Waals surface area (Å²) in [5.74, 6) is 1.19. The van der Waals surface area contributed by atoms with E-state index in [0.29, 0.717) is 41.8 Å². The van der Waals surface area contributed by atoms with Crippen LogP contribution < -0.4 is 14.8 Å². The summed E-state index contributed by atoms with van der Waals surface area (Å²) in [4.78, 5) is 15.4. The maximum Gasteiger partial charge on any atom is 0.224 e. The highest BCUT2D eigenvalue weighted by Gasteiger charge is 2.28. The van der Waals surface area contributed by atoms with Gasteiger partial charge in [-0.15, -0.1) is 0 Å². The topological polar surface area (TPSA) is 71.0 Å². The van der Waals surface area contributed by atoms with E-state index in [0.717, 1.165) is 42.6 Å². The number of carbonyl (C=O) groups excluding carboxylic acids is 1. The van der Waals surface area contributed by atoms with Crippen LogP contribution in [0, 0.1) is 0 Å². The zero-order valence-corrected chi connectivity index (χ0v) is 20.9. The van der Waals surface area contributed by atoms with Crippen molar-refractivity contribution in [1.29, 1.82) is 0 Å². The van der Waals surface area contributed by atoms with E-state index in [9.17, 15) is 9.90 Å². The monoisotopic (exact) mass is 506 g/mol. The largest absolute Gasteiger partial charge is 0.486 e. The second-order valence-electron chi connectivity index (χ2n) is 9.41. The minimum atomic E-state index is -0.863. The van der Waals surface area contributed by atoms with Crippen LogP contribution in [0.5, 0.6) is 11.5 Å². The van der Waals surface area contributed by atoms with Gasteiger partial charge in [0.2, 0.25) is 5.91 Å². The number of amides is 1. The predicted octanol–water partition coefficient (Wildman–Crippen LogP) is 4.63. The van der Waals surface area contributed by atoms with Gasteiger partial charge >= 0.3 is 0 Å². The lowest BCUT2D eigenvalue weighted by molar-refractivity contribution is -0.122. The fourth-order valence-corrected chi connectivity index (χ4v) is 4.97. The number of aliphatic hydroxyl groups excluding tert-OH is 1. The Morgan fingerprint density at radius 3 is 2.25 bits per heavy atom. The standard InChI is InChI=1S/C29H31ClN2O4/c30-24-10-7-22(8-11-24)21-5-3-20(4-6-21)17-28(33)31-25(19-32-13-1-2-14-32)29(34)23-9-12-26-27(18-23)36-16-15-35-26/h3-12,18,25,29,34H,1-2,13-17,19H2,(H,31,33). The van der Waals surface area contributed by atoms with Crippen molar-refractivity contribution < 1.29 is 19.4 Å². The molecule has 1 amide bonds. The summed E-state index contributed by atoms with van der Waals surface area (Å²) in [7, 11) is 0. The summed E-state index contributed by atoms with van der Waals surface area (Å²) in [6.45, 7) is 3.55. The Balaban J connectivity index is 1.27. The predicted molar refractivity (Wildman–Crippen MR) is 141 cm³/mol. The highest BCUT2D eigenvalue weighted by atomic mass is 35.5. The molecule has 5 rings (SSSR count). The number of rotatable bonds is 8. The third-order valence-electron chi connectivity index (χ3n) is 6.79. The Hall–Kier alpha value is -3.06. The first kappa shape index (κ1) is 24.6. The van der Waals surface area contributed by atoms with E-state index >= 15 is 0 Å². The molecule has 0 spiro atoms. The van der Waals surface area contributed by atoms with Crippen molar-refractivity contribution in [2.24, 2.45) is 0 Å². The number of likely N-dealkylation sites (tertiary alicyclic amines) is 1. The van der Waals surface area contributed by atoms with E-state index in [1.165, 1.54) is 0 Å². The number of benzene rings is 3. The van der Waals surface area contributed by atoms with Crippen LogP contribution in [0.2, 0.25) is 5.02 Å². The van der Waals surface area contributed by atoms with Crippen molar-refractivity contribution in [2.45, 2.75) is 31.4 Å². The van der Waals surface area contributed by atoms with E-state index in [-0.39, 0.29) is 12.3 Å².